The molecule has 0 radical (unpaired) electrons. The van der Waals surface area contributed by atoms with Crippen LogP contribution >= 0.6 is 11.3 Å². The Kier molecular flexibility index (Phi) is 5.76. The van der Waals surface area contributed by atoms with E-state index >= 15 is 0 Å². The molecular weight excluding hydrogens is 346 g/mol. The first-order valence-electron chi connectivity index (χ1n) is 8.27. The van der Waals surface area contributed by atoms with E-state index in [1.807, 2.05) is 30.5 Å². The van der Waals surface area contributed by atoms with Crippen molar-refractivity contribution < 1.29 is 9.59 Å². The molecule has 2 N–H and O–H groups in total. The Morgan fingerprint density at radius 2 is 1.73 bits per heavy atom. The van der Waals surface area contributed by atoms with Gasteiger partial charge < -0.3 is 10.6 Å². The highest BCUT2D eigenvalue weighted by Crippen LogP contribution is 2.24. The lowest BCUT2D eigenvalue weighted by atomic mass is 10.2. The van der Waals surface area contributed by atoms with Gasteiger partial charge in [-0.3, -0.25) is 9.59 Å². The van der Waals surface area contributed by atoms with Crippen LogP contribution in [0.25, 0.3) is 10.6 Å². The molecule has 3 rings (SSSR count). The number of thiazole rings is 1. The van der Waals surface area contributed by atoms with Crippen molar-refractivity contribution >= 4 is 28.8 Å². The minimum atomic E-state index is -0.671. The average Bonchev–Trinajstić information content (AvgIpc) is 3.12. The van der Waals surface area contributed by atoms with Gasteiger partial charge in [0.2, 0.25) is 0 Å². The molecule has 0 unspecified atom stereocenters. The number of hydrogen-bond donors (Lipinski definition) is 2. The Bertz CT molecular complexity index is 889. The normalized spacial score (nSPS) is 10.3. The molecule has 0 aliphatic rings. The Morgan fingerprint density at radius 1 is 1.00 bits per heavy atom. The second-order valence-corrected chi connectivity index (χ2v) is 6.69. The lowest BCUT2D eigenvalue weighted by molar-refractivity contribution is -0.136. The third-order valence-corrected chi connectivity index (χ3v) is 4.70. The van der Waals surface area contributed by atoms with Gasteiger partial charge in [-0.15, -0.1) is 11.3 Å². The highest BCUT2D eigenvalue weighted by atomic mass is 32.1. The fourth-order valence-electron chi connectivity index (χ4n) is 2.34. The Hall–Kier alpha value is -2.99. The predicted octanol–water partition coefficient (Wildman–Crippen LogP) is 3.42. The van der Waals surface area contributed by atoms with E-state index in [1.165, 1.54) is 5.56 Å². The van der Waals surface area contributed by atoms with Gasteiger partial charge in [-0.1, -0.05) is 48.0 Å². The van der Waals surface area contributed by atoms with Crippen molar-refractivity contribution in [3.63, 3.8) is 0 Å². The third-order valence-electron chi connectivity index (χ3n) is 3.75. The number of rotatable bonds is 5. The summed E-state index contributed by atoms with van der Waals surface area (Å²) in [5.74, 6) is -1.32. The lowest BCUT2D eigenvalue weighted by Crippen LogP contribution is -2.36. The zero-order valence-corrected chi connectivity index (χ0v) is 15.2. The summed E-state index contributed by atoms with van der Waals surface area (Å²) in [5.41, 5.74) is 3.78. The van der Waals surface area contributed by atoms with Gasteiger partial charge in [0.25, 0.3) is 0 Å². The first-order chi connectivity index (χ1) is 12.6. The van der Waals surface area contributed by atoms with Crippen LogP contribution in [0.1, 0.15) is 11.3 Å². The van der Waals surface area contributed by atoms with Crippen molar-refractivity contribution in [3.8, 4) is 10.6 Å². The van der Waals surface area contributed by atoms with Gasteiger partial charge in [0.15, 0.2) is 0 Å². The standard InChI is InChI=1S/C20H19N3O2S/c1-14-7-9-15(10-8-14)20-23-17(13-26-20)11-12-21-18(24)19(25)22-16-5-3-2-4-6-16/h2-10,13H,11-12H2,1H3,(H,21,24)(H,22,25). The fraction of sp³-hybridized carbons (Fsp3) is 0.150. The molecule has 0 atom stereocenters. The molecule has 26 heavy (non-hydrogen) atoms. The molecule has 0 spiro atoms. The van der Waals surface area contributed by atoms with Gasteiger partial charge in [0.1, 0.15) is 5.01 Å². The first kappa shape index (κ1) is 17.8. The summed E-state index contributed by atoms with van der Waals surface area (Å²) in [7, 11) is 0. The summed E-state index contributed by atoms with van der Waals surface area (Å²) in [6, 6.07) is 17.1. The molecule has 2 amide bonds. The van der Waals surface area contributed by atoms with Crippen LogP contribution in [0.2, 0.25) is 0 Å². The van der Waals surface area contributed by atoms with Crippen molar-refractivity contribution in [2.24, 2.45) is 0 Å². The van der Waals surface area contributed by atoms with Crippen molar-refractivity contribution in [1.29, 1.82) is 0 Å². The van der Waals surface area contributed by atoms with E-state index in [1.54, 1.807) is 35.6 Å². The summed E-state index contributed by atoms with van der Waals surface area (Å²) >= 11 is 1.57. The highest BCUT2D eigenvalue weighted by molar-refractivity contribution is 7.13. The van der Waals surface area contributed by atoms with Crippen LogP contribution in [0.5, 0.6) is 0 Å². The third kappa shape index (κ3) is 4.77. The molecule has 0 saturated carbocycles. The molecule has 2 aromatic carbocycles. The molecule has 0 aliphatic heterocycles. The van der Waals surface area contributed by atoms with Gasteiger partial charge >= 0.3 is 11.8 Å². The number of hydrogen-bond acceptors (Lipinski definition) is 4. The number of amides is 2. The van der Waals surface area contributed by atoms with Crippen LogP contribution in [-0.2, 0) is 16.0 Å². The number of carbonyl (C=O) groups excluding carboxylic acids is 2. The molecule has 0 bridgehead atoms. The number of anilines is 1. The van der Waals surface area contributed by atoms with Crippen molar-refractivity contribution in [2.75, 3.05) is 11.9 Å². The summed E-state index contributed by atoms with van der Waals surface area (Å²) < 4.78 is 0. The van der Waals surface area contributed by atoms with E-state index in [-0.39, 0.29) is 0 Å². The van der Waals surface area contributed by atoms with Crippen LogP contribution in [0.3, 0.4) is 0 Å². The summed E-state index contributed by atoms with van der Waals surface area (Å²) in [6.07, 6.45) is 0.576. The van der Waals surface area contributed by atoms with Crippen LogP contribution in [0, 0.1) is 6.92 Å². The van der Waals surface area contributed by atoms with Gasteiger partial charge in [-0.2, -0.15) is 0 Å². The molecule has 0 aliphatic carbocycles. The molecule has 132 valence electrons. The van der Waals surface area contributed by atoms with Crippen LogP contribution in [0.15, 0.2) is 60.0 Å². The second-order valence-electron chi connectivity index (χ2n) is 5.84. The highest BCUT2D eigenvalue weighted by Gasteiger charge is 2.13. The van der Waals surface area contributed by atoms with E-state index in [0.717, 1.165) is 16.3 Å². The zero-order valence-electron chi connectivity index (χ0n) is 14.4. The SMILES string of the molecule is Cc1ccc(-c2nc(CCNC(=O)C(=O)Nc3ccccc3)cs2)cc1. The summed E-state index contributed by atoms with van der Waals surface area (Å²) in [5, 5.41) is 8.11. The van der Waals surface area contributed by atoms with E-state index in [4.69, 9.17) is 0 Å². The topological polar surface area (TPSA) is 71.1 Å². The van der Waals surface area contributed by atoms with Crippen molar-refractivity contribution in [1.82, 2.24) is 10.3 Å². The number of aryl methyl sites for hydroxylation is 1. The van der Waals surface area contributed by atoms with Gasteiger partial charge in [0.05, 0.1) is 5.69 Å². The van der Waals surface area contributed by atoms with Gasteiger partial charge in [-0.05, 0) is 19.1 Å². The van der Waals surface area contributed by atoms with Crippen molar-refractivity contribution in [3.05, 3.63) is 71.2 Å². The summed E-state index contributed by atoms with van der Waals surface area (Å²) in [4.78, 5) is 28.3. The number of para-hydroxylation sites is 1. The Balaban J connectivity index is 1.48. The molecule has 3 aromatic rings. The molecule has 5 nitrogen and oxygen atoms in total. The van der Waals surface area contributed by atoms with Crippen LogP contribution in [-0.4, -0.2) is 23.3 Å². The van der Waals surface area contributed by atoms with Crippen LogP contribution < -0.4 is 10.6 Å². The molecule has 1 aromatic heterocycles. The van der Waals surface area contributed by atoms with Crippen LogP contribution in [0.4, 0.5) is 5.69 Å². The molecule has 0 fully saturated rings. The number of benzene rings is 2. The maximum Gasteiger partial charge on any atom is 0.313 e. The summed E-state index contributed by atoms with van der Waals surface area (Å²) in [6.45, 7) is 2.41. The van der Waals surface area contributed by atoms with E-state index in [0.29, 0.717) is 18.7 Å². The van der Waals surface area contributed by atoms with E-state index < -0.39 is 11.8 Å². The number of nitrogens with zero attached hydrogens (tertiary/aromatic N) is 1. The van der Waals surface area contributed by atoms with E-state index in [9.17, 15) is 9.59 Å². The smallest absolute Gasteiger partial charge is 0.313 e. The molecule has 0 saturated heterocycles. The maximum absolute atomic E-state index is 11.9. The number of aromatic nitrogens is 1. The minimum absolute atomic E-state index is 0.359. The monoisotopic (exact) mass is 365 g/mol. The first-order valence-corrected chi connectivity index (χ1v) is 9.15. The largest absolute Gasteiger partial charge is 0.347 e. The zero-order chi connectivity index (χ0) is 18.4. The predicted molar refractivity (Wildman–Crippen MR) is 104 cm³/mol. The minimum Gasteiger partial charge on any atom is -0.347 e. The van der Waals surface area contributed by atoms with Gasteiger partial charge in [-0.25, -0.2) is 4.98 Å². The lowest BCUT2D eigenvalue weighted by Gasteiger charge is -2.05. The Morgan fingerprint density at radius 3 is 2.46 bits per heavy atom. The van der Waals surface area contributed by atoms with Crippen molar-refractivity contribution in [2.45, 2.75) is 13.3 Å². The quantitative estimate of drug-likeness (QED) is 0.681. The fourth-order valence-corrected chi connectivity index (χ4v) is 3.20. The number of nitrogens with one attached hydrogen (secondary N) is 2. The molecule has 1 heterocycles. The van der Waals surface area contributed by atoms with E-state index in [2.05, 4.69) is 27.8 Å². The second kappa shape index (κ2) is 8.40. The number of carbonyl (C=O) groups is 2. The molecular formula is C20H19N3O2S. The van der Waals surface area contributed by atoms with Gasteiger partial charge in [0, 0.05) is 29.6 Å². The molecule has 6 heteroatoms. The maximum atomic E-state index is 11.9. The average molecular weight is 365 g/mol. The Labute approximate surface area is 156 Å².